The van der Waals surface area contributed by atoms with Gasteiger partial charge in [0.05, 0.1) is 0 Å². The van der Waals surface area contributed by atoms with Gasteiger partial charge in [-0.2, -0.15) is 13.2 Å². The molecule has 1 saturated carbocycles. The monoisotopic (exact) mass is 223 g/mol. The maximum atomic E-state index is 12.3. The number of nitrogens with two attached hydrogens (primary N) is 1. The van der Waals surface area contributed by atoms with Crippen LogP contribution in [0.3, 0.4) is 0 Å². The SMILES string of the molecule is CC1(C)CCCC(CC(N)C(F)(F)F)C1. The van der Waals surface area contributed by atoms with E-state index in [0.717, 1.165) is 25.7 Å². The second-order valence-electron chi connectivity index (χ2n) is 5.51. The Morgan fingerprint density at radius 3 is 2.47 bits per heavy atom. The number of halogens is 3. The van der Waals surface area contributed by atoms with Crippen LogP contribution in [-0.4, -0.2) is 12.2 Å². The van der Waals surface area contributed by atoms with Crippen molar-refractivity contribution >= 4 is 0 Å². The van der Waals surface area contributed by atoms with Gasteiger partial charge >= 0.3 is 6.18 Å². The molecule has 0 heterocycles. The Labute approximate surface area is 89.2 Å². The van der Waals surface area contributed by atoms with Gasteiger partial charge in [0.2, 0.25) is 0 Å². The summed E-state index contributed by atoms with van der Waals surface area (Å²) < 4.78 is 36.8. The molecule has 2 unspecified atom stereocenters. The summed E-state index contributed by atoms with van der Waals surface area (Å²) in [4.78, 5) is 0. The van der Waals surface area contributed by atoms with Crippen molar-refractivity contribution in [3.05, 3.63) is 0 Å². The van der Waals surface area contributed by atoms with E-state index in [1.54, 1.807) is 0 Å². The fourth-order valence-corrected chi connectivity index (χ4v) is 2.55. The molecule has 0 radical (unpaired) electrons. The number of alkyl halides is 3. The van der Waals surface area contributed by atoms with Gasteiger partial charge in [0, 0.05) is 0 Å². The van der Waals surface area contributed by atoms with Crippen LogP contribution in [0, 0.1) is 11.3 Å². The molecule has 15 heavy (non-hydrogen) atoms. The highest BCUT2D eigenvalue weighted by molar-refractivity contribution is 4.83. The van der Waals surface area contributed by atoms with Gasteiger partial charge in [-0.15, -0.1) is 0 Å². The number of hydrogen-bond donors (Lipinski definition) is 1. The van der Waals surface area contributed by atoms with Gasteiger partial charge in [-0.05, 0) is 30.6 Å². The van der Waals surface area contributed by atoms with Crippen molar-refractivity contribution < 1.29 is 13.2 Å². The quantitative estimate of drug-likeness (QED) is 0.762. The van der Waals surface area contributed by atoms with Crippen LogP contribution in [0.5, 0.6) is 0 Å². The molecule has 4 heteroatoms. The molecule has 1 aliphatic rings. The second-order valence-corrected chi connectivity index (χ2v) is 5.51. The van der Waals surface area contributed by atoms with E-state index in [1.165, 1.54) is 0 Å². The topological polar surface area (TPSA) is 26.0 Å². The van der Waals surface area contributed by atoms with Crippen LogP contribution in [0.15, 0.2) is 0 Å². The number of rotatable bonds is 2. The molecule has 0 amide bonds. The van der Waals surface area contributed by atoms with Gasteiger partial charge < -0.3 is 5.73 Å². The van der Waals surface area contributed by atoms with Crippen molar-refractivity contribution in [2.75, 3.05) is 0 Å². The normalized spacial score (nSPS) is 28.8. The Kier molecular flexibility index (Phi) is 3.69. The summed E-state index contributed by atoms with van der Waals surface area (Å²) in [5, 5.41) is 0. The van der Waals surface area contributed by atoms with Gasteiger partial charge in [-0.3, -0.25) is 0 Å². The van der Waals surface area contributed by atoms with Crippen LogP contribution in [0.25, 0.3) is 0 Å². The van der Waals surface area contributed by atoms with E-state index in [4.69, 9.17) is 5.73 Å². The zero-order valence-electron chi connectivity index (χ0n) is 9.40. The maximum absolute atomic E-state index is 12.3. The molecule has 2 N–H and O–H groups in total. The Morgan fingerprint density at radius 2 is 2.00 bits per heavy atom. The first-order chi connectivity index (χ1) is 6.71. The van der Waals surface area contributed by atoms with Gasteiger partial charge in [0.1, 0.15) is 6.04 Å². The molecule has 0 aromatic rings. The summed E-state index contributed by atoms with van der Waals surface area (Å²) in [5.41, 5.74) is 5.33. The molecule has 0 spiro atoms. The minimum absolute atomic E-state index is 0.0902. The van der Waals surface area contributed by atoms with Crippen molar-refractivity contribution in [1.82, 2.24) is 0 Å². The highest BCUT2D eigenvalue weighted by atomic mass is 19.4. The molecular weight excluding hydrogens is 203 g/mol. The summed E-state index contributed by atoms with van der Waals surface area (Å²) in [6.45, 7) is 4.25. The molecular formula is C11H20F3N. The highest BCUT2D eigenvalue weighted by Gasteiger charge is 2.39. The predicted molar refractivity (Wildman–Crippen MR) is 54.4 cm³/mol. The lowest BCUT2D eigenvalue weighted by molar-refractivity contribution is -0.152. The number of hydrogen-bond acceptors (Lipinski definition) is 1. The third-order valence-corrected chi connectivity index (χ3v) is 3.31. The van der Waals surface area contributed by atoms with Gasteiger partial charge in [-0.1, -0.05) is 26.7 Å². The smallest absolute Gasteiger partial charge is 0.320 e. The van der Waals surface area contributed by atoms with Gasteiger partial charge in [0.25, 0.3) is 0 Å². The summed E-state index contributed by atoms with van der Waals surface area (Å²) in [5.74, 6) is 0.144. The summed E-state index contributed by atoms with van der Waals surface area (Å²) >= 11 is 0. The average Bonchev–Trinajstić information content (AvgIpc) is 2.00. The zero-order chi connectivity index (χ0) is 11.7. The summed E-state index contributed by atoms with van der Waals surface area (Å²) in [7, 11) is 0. The standard InChI is InChI=1S/C11H20F3N/c1-10(2)5-3-4-8(7-10)6-9(15)11(12,13)14/h8-9H,3-7,15H2,1-2H3. The average molecular weight is 223 g/mol. The van der Waals surface area contributed by atoms with Crippen LogP contribution in [0.1, 0.15) is 46.0 Å². The van der Waals surface area contributed by atoms with Crippen LogP contribution in [-0.2, 0) is 0 Å². The second kappa shape index (κ2) is 4.32. The highest BCUT2D eigenvalue weighted by Crippen LogP contribution is 2.41. The lowest BCUT2D eigenvalue weighted by Gasteiger charge is -2.36. The Hall–Kier alpha value is -0.250. The van der Waals surface area contributed by atoms with Crippen molar-refractivity contribution in [2.45, 2.75) is 58.2 Å². The van der Waals surface area contributed by atoms with E-state index < -0.39 is 12.2 Å². The van der Waals surface area contributed by atoms with Gasteiger partial charge in [0.15, 0.2) is 0 Å². The third kappa shape index (κ3) is 4.01. The largest absolute Gasteiger partial charge is 0.403 e. The molecule has 0 aromatic carbocycles. The Bertz CT molecular complexity index is 210. The lowest BCUT2D eigenvalue weighted by Crippen LogP contribution is -2.40. The van der Waals surface area contributed by atoms with Gasteiger partial charge in [-0.25, -0.2) is 0 Å². The van der Waals surface area contributed by atoms with Crippen LogP contribution in [0.2, 0.25) is 0 Å². The van der Waals surface area contributed by atoms with Crippen LogP contribution in [0.4, 0.5) is 13.2 Å². The molecule has 1 fully saturated rings. The van der Waals surface area contributed by atoms with E-state index >= 15 is 0 Å². The molecule has 0 bridgehead atoms. The Balaban J connectivity index is 2.45. The molecule has 1 rings (SSSR count). The third-order valence-electron chi connectivity index (χ3n) is 3.31. The summed E-state index contributed by atoms with van der Waals surface area (Å²) in [6, 6.07) is -1.64. The van der Waals surface area contributed by atoms with Crippen molar-refractivity contribution in [2.24, 2.45) is 17.1 Å². The van der Waals surface area contributed by atoms with E-state index in [0.29, 0.717) is 0 Å². The van der Waals surface area contributed by atoms with E-state index in [-0.39, 0.29) is 17.8 Å². The van der Waals surface area contributed by atoms with Crippen LogP contribution < -0.4 is 5.73 Å². The zero-order valence-corrected chi connectivity index (χ0v) is 9.40. The van der Waals surface area contributed by atoms with E-state index in [1.807, 2.05) is 0 Å². The molecule has 0 saturated heterocycles. The van der Waals surface area contributed by atoms with Crippen molar-refractivity contribution in [1.29, 1.82) is 0 Å². The Morgan fingerprint density at radius 1 is 1.40 bits per heavy atom. The van der Waals surface area contributed by atoms with Crippen LogP contribution >= 0.6 is 0 Å². The predicted octanol–water partition coefficient (Wildman–Crippen LogP) is 3.48. The molecule has 1 nitrogen and oxygen atoms in total. The summed E-state index contributed by atoms with van der Waals surface area (Å²) in [6.07, 6.45) is -0.231. The van der Waals surface area contributed by atoms with Crippen molar-refractivity contribution in [3.8, 4) is 0 Å². The molecule has 2 atom stereocenters. The molecule has 0 aliphatic heterocycles. The fourth-order valence-electron chi connectivity index (χ4n) is 2.55. The first kappa shape index (κ1) is 12.8. The van der Waals surface area contributed by atoms with Crippen molar-refractivity contribution in [3.63, 3.8) is 0 Å². The van der Waals surface area contributed by atoms with E-state index in [2.05, 4.69) is 13.8 Å². The fraction of sp³-hybridized carbons (Fsp3) is 1.00. The molecule has 90 valence electrons. The molecule has 1 aliphatic carbocycles. The first-order valence-electron chi connectivity index (χ1n) is 5.53. The van der Waals surface area contributed by atoms with E-state index in [9.17, 15) is 13.2 Å². The maximum Gasteiger partial charge on any atom is 0.403 e. The molecule has 0 aromatic heterocycles. The minimum Gasteiger partial charge on any atom is -0.320 e. The first-order valence-corrected chi connectivity index (χ1v) is 5.53. The minimum atomic E-state index is -4.23. The lowest BCUT2D eigenvalue weighted by atomic mass is 9.70.